The number of nitrogens with zero attached hydrogens (tertiary/aromatic N) is 4. The molecule has 0 saturated carbocycles. The van der Waals surface area contributed by atoms with Gasteiger partial charge in [-0.05, 0) is 126 Å². The monoisotopic (exact) mass is 610 g/mol. The number of para-hydroxylation sites is 2. The Morgan fingerprint density at radius 2 is 1.26 bits per heavy atom. The summed E-state index contributed by atoms with van der Waals surface area (Å²) in [6.07, 6.45) is 16.0. The standard InChI is InChI=1S/C42H34N4O/c1-44-41(30-43)35-28-39(47-40(29-35)23-19-32-26-33-10-8-24-45-25-9-11-34(27-32)42(33)45)22-18-31-16-20-38(21-17-31)46(36-12-4-2-5-13-36)37-14-6-3-7-15-37/h2-7,12-23,26-29H,8-11,24-25H2. The van der Waals surface area contributed by atoms with Crippen LogP contribution in [0.4, 0.5) is 22.7 Å². The van der Waals surface area contributed by atoms with Gasteiger partial charge in [0.25, 0.3) is 5.70 Å². The molecule has 0 aliphatic carbocycles. The number of allylic oxidation sites excluding steroid dienone is 6. The Kier molecular flexibility index (Phi) is 8.54. The van der Waals surface area contributed by atoms with Crippen molar-refractivity contribution < 1.29 is 4.74 Å². The van der Waals surface area contributed by atoms with Gasteiger partial charge in [-0.3, -0.25) is 0 Å². The highest BCUT2D eigenvalue weighted by Gasteiger charge is 2.24. The summed E-state index contributed by atoms with van der Waals surface area (Å²) in [5.41, 5.74) is 10.2. The smallest absolute Gasteiger partial charge is 0.269 e. The Labute approximate surface area is 276 Å². The second kappa shape index (κ2) is 13.5. The lowest BCUT2D eigenvalue weighted by Crippen LogP contribution is -2.34. The molecule has 0 fully saturated rings. The molecule has 3 aliphatic heterocycles. The number of hydrogen-bond acceptors (Lipinski definition) is 4. The summed E-state index contributed by atoms with van der Waals surface area (Å²) in [4.78, 5) is 8.23. The van der Waals surface area contributed by atoms with E-state index in [2.05, 4.69) is 81.4 Å². The van der Waals surface area contributed by atoms with Crippen LogP contribution in [0.5, 0.6) is 0 Å². The first kappa shape index (κ1) is 29.7. The molecule has 3 aliphatic rings. The van der Waals surface area contributed by atoms with E-state index in [4.69, 9.17) is 11.3 Å². The van der Waals surface area contributed by atoms with Crippen molar-refractivity contribution in [3.8, 4) is 6.07 Å². The van der Waals surface area contributed by atoms with Gasteiger partial charge in [-0.2, -0.15) is 0 Å². The summed E-state index contributed by atoms with van der Waals surface area (Å²) in [6.45, 7) is 9.84. The number of benzene rings is 4. The minimum Gasteiger partial charge on any atom is -0.457 e. The molecule has 0 unspecified atom stereocenters. The summed E-state index contributed by atoms with van der Waals surface area (Å²) >= 11 is 0. The van der Waals surface area contributed by atoms with Crippen LogP contribution in [-0.2, 0) is 17.6 Å². The van der Waals surface area contributed by atoms with Crippen LogP contribution in [0.15, 0.2) is 144 Å². The predicted octanol–water partition coefficient (Wildman–Crippen LogP) is 10.1. The fraction of sp³-hybridized carbons (Fsp3) is 0.143. The van der Waals surface area contributed by atoms with Crippen molar-refractivity contribution in [3.63, 3.8) is 0 Å². The molecule has 0 N–H and O–H groups in total. The first-order valence-electron chi connectivity index (χ1n) is 16.1. The predicted molar refractivity (Wildman–Crippen MR) is 191 cm³/mol. The number of rotatable bonds is 7. The van der Waals surface area contributed by atoms with Crippen LogP contribution < -0.4 is 9.80 Å². The van der Waals surface area contributed by atoms with Crippen molar-refractivity contribution in [1.82, 2.24) is 0 Å². The Balaban J connectivity index is 1.13. The molecule has 5 heteroatoms. The van der Waals surface area contributed by atoms with E-state index in [0.29, 0.717) is 17.1 Å². The van der Waals surface area contributed by atoms with Gasteiger partial charge < -0.3 is 14.5 Å². The van der Waals surface area contributed by atoms with Crippen molar-refractivity contribution in [3.05, 3.63) is 178 Å². The fourth-order valence-electron chi connectivity index (χ4n) is 6.62. The molecule has 0 spiro atoms. The Hall–Kier alpha value is -6.04. The number of aryl methyl sites for hydroxylation is 2. The van der Waals surface area contributed by atoms with Gasteiger partial charge in [-0.25, -0.2) is 10.1 Å². The molecule has 7 rings (SSSR count). The lowest BCUT2D eigenvalue weighted by Gasteiger charge is -2.37. The summed E-state index contributed by atoms with van der Waals surface area (Å²) in [5.74, 6) is 1.15. The van der Waals surface area contributed by atoms with Gasteiger partial charge in [-0.1, -0.05) is 60.7 Å². The van der Waals surface area contributed by atoms with Crippen LogP contribution >= 0.6 is 0 Å². The fourth-order valence-corrected chi connectivity index (χ4v) is 6.62. The number of hydrogen-bond donors (Lipinski definition) is 0. The van der Waals surface area contributed by atoms with Crippen LogP contribution in [0.25, 0.3) is 17.0 Å². The van der Waals surface area contributed by atoms with E-state index in [-0.39, 0.29) is 5.70 Å². The SMILES string of the molecule is [C-]#[N+]C(C#N)=C1C=C(C=Cc2ccc(N(c3ccccc3)c3ccccc3)cc2)OC(C=Cc2cc3c4c(c2)CCCN4CCC3)=C1. The second-order valence-electron chi connectivity index (χ2n) is 11.9. The van der Waals surface area contributed by atoms with Gasteiger partial charge in [0.2, 0.25) is 0 Å². The van der Waals surface area contributed by atoms with Crippen LogP contribution in [-0.4, -0.2) is 13.1 Å². The molecule has 0 atom stereocenters. The van der Waals surface area contributed by atoms with Crippen molar-refractivity contribution in [2.45, 2.75) is 25.7 Å². The summed E-state index contributed by atoms with van der Waals surface area (Å²) in [5, 5.41) is 9.63. The van der Waals surface area contributed by atoms with Gasteiger partial charge in [0.15, 0.2) is 0 Å². The molecule has 0 aromatic heterocycles. The van der Waals surface area contributed by atoms with Gasteiger partial charge in [0.05, 0.1) is 12.6 Å². The van der Waals surface area contributed by atoms with Crippen molar-refractivity contribution in [2.75, 3.05) is 22.9 Å². The highest BCUT2D eigenvalue weighted by Crippen LogP contribution is 2.37. The van der Waals surface area contributed by atoms with E-state index in [1.165, 1.54) is 29.7 Å². The Morgan fingerprint density at radius 3 is 1.79 bits per heavy atom. The first-order chi connectivity index (χ1) is 23.2. The number of anilines is 4. The molecule has 3 heterocycles. The highest BCUT2D eigenvalue weighted by atomic mass is 16.5. The molecular weight excluding hydrogens is 576 g/mol. The van der Waals surface area contributed by atoms with E-state index in [1.54, 1.807) is 12.2 Å². The van der Waals surface area contributed by atoms with Gasteiger partial charge in [0.1, 0.15) is 11.5 Å². The van der Waals surface area contributed by atoms with E-state index in [9.17, 15) is 5.26 Å². The van der Waals surface area contributed by atoms with Crippen molar-refractivity contribution >= 4 is 34.9 Å². The molecule has 0 saturated heterocycles. The normalized spacial score (nSPS) is 16.4. The molecule has 5 nitrogen and oxygen atoms in total. The van der Waals surface area contributed by atoms with Gasteiger partial charge in [0, 0.05) is 35.8 Å². The van der Waals surface area contributed by atoms with Crippen LogP contribution in [0.3, 0.4) is 0 Å². The third kappa shape index (κ3) is 6.52. The summed E-state index contributed by atoms with van der Waals surface area (Å²) in [7, 11) is 0. The second-order valence-corrected chi connectivity index (χ2v) is 11.9. The molecule has 0 radical (unpaired) electrons. The molecule has 47 heavy (non-hydrogen) atoms. The van der Waals surface area contributed by atoms with Crippen LogP contribution in [0, 0.1) is 17.9 Å². The zero-order chi connectivity index (χ0) is 32.0. The van der Waals surface area contributed by atoms with Gasteiger partial charge in [-0.15, -0.1) is 0 Å². The number of nitriles is 1. The van der Waals surface area contributed by atoms with Crippen LogP contribution in [0.1, 0.15) is 35.1 Å². The minimum atomic E-state index is 0.0367. The lowest BCUT2D eigenvalue weighted by molar-refractivity contribution is 0.332. The maximum atomic E-state index is 9.63. The molecular formula is C42H34N4O. The average molecular weight is 611 g/mol. The van der Waals surface area contributed by atoms with Gasteiger partial charge >= 0.3 is 0 Å². The highest BCUT2D eigenvalue weighted by molar-refractivity contribution is 5.77. The third-order valence-corrected chi connectivity index (χ3v) is 8.74. The maximum Gasteiger partial charge on any atom is 0.269 e. The Morgan fingerprint density at radius 1 is 0.723 bits per heavy atom. The van der Waals surface area contributed by atoms with E-state index in [1.807, 2.05) is 60.7 Å². The molecule has 228 valence electrons. The minimum absolute atomic E-state index is 0.0367. The topological polar surface area (TPSA) is 43.9 Å². The van der Waals surface area contributed by atoms with E-state index in [0.717, 1.165) is 54.1 Å². The molecule has 0 amide bonds. The number of ether oxygens (including phenoxy) is 1. The molecule has 4 aromatic carbocycles. The maximum absolute atomic E-state index is 9.63. The largest absolute Gasteiger partial charge is 0.457 e. The average Bonchev–Trinajstić information content (AvgIpc) is 3.12. The van der Waals surface area contributed by atoms with Crippen LogP contribution in [0.2, 0.25) is 0 Å². The molecule has 4 aromatic rings. The zero-order valence-corrected chi connectivity index (χ0v) is 26.1. The van der Waals surface area contributed by atoms with Crippen molar-refractivity contribution in [2.24, 2.45) is 0 Å². The summed E-state index contributed by atoms with van der Waals surface area (Å²) in [6, 6.07) is 35.6. The van der Waals surface area contributed by atoms with E-state index >= 15 is 0 Å². The molecule has 0 bridgehead atoms. The summed E-state index contributed by atoms with van der Waals surface area (Å²) < 4.78 is 6.26. The third-order valence-electron chi connectivity index (χ3n) is 8.74. The Bertz CT molecular complexity index is 1930. The zero-order valence-electron chi connectivity index (χ0n) is 26.1. The van der Waals surface area contributed by atoms with E-state index < -0.39 is 0 Å². The quantitative estimate of drug-likeness (QED) is 0.154. The first-order valence-corrected chi connectivity index (χ1v) is 16.1. The lowest BCUT2D eigenvalue weighted by atomic mass is 9.90. The van der Waals surface area contributed by atoms with Crippen molar-refractivity contribution in [1.29, 1.82) is 5.26 Å².